The van der Waals surface area contributed by atoms with E-state index in [0.29, 0.717) is 51.6 Å². The predicted octanol–water partition coefficient (Wildman–Crippen LogP) is -3.15. The minimum absolute atomic E-state index is 0. The molecule has 0 unspecified atom stereocenters. The van der Waals surface area contributed by atoms with Gasteiger partial charge in [-0.15, -0.1) is 0 Å². The van der Waals surface area contributed by atoms with Crippen molar-refractivity contribution >= 4 is 127 Å². The van der Waals surface area contributed by atoms with Gasteiger partial charge in [-0.25, -0.2) is 14.4 Å². The quantitative estimate of drug-likeness (QED) is 0.0719. The molecule has 11 nitrogen and oxygen atoms in total. The van der Waals surface area contributed by atoms with Gasteiger partial charge in [0.05, 0.1) is 0 Å². The Balaban J connectivity index is -0.00000364. The Bertz CT molecular complexity index is 527. The van der Waals surface area contributed by atoms with E-state index in [4.69, 9.17) is 28.7 Å². The second kappa shape index (κ2) is 22.2. The normalized spacial score (nSPS) is 13.1. The molecule has 0 aromatic carbocycles. The van der Waals surface area contributed by atoms with Gasteiger partial charge in [-0.3, -0.25) is 4.79 Å². The van der Waals surface area contributed by atoms with Crippen LogP contribution in [0.3, 0.4) is 0 Å². The van der Waals surface area contributed by atoms with Crippen LogP contribution < -0.4 is 28.7 Å². The van der Waals surface area contributed by atoms with Gasteiger partial charge in [0.15, 0.2) is 0 Å². The van der Waals surface area contributed by atoms with Gasteiger partial charge in [0.25, 0.3) is 0 Å². The molecule has 0 aromatic rings. The molecule has 13 heteroatoms. The van der Waals surface area contributed by atoms with E-state index < -0.39 is 42.0 Å². The summed E-state index contributed by atoms with van der Waals surface area (Å²) in [5, 5.41) is 0. The number of rotatable bonds is 14. The third-order valence-electron chi connectivity index (χ3n) is 3.92. The summed E-state index contributed by atoms with van der Waals surface area (Å²) in [5.74, 6) is -3.61. The third kappa shape index (κ3) is 17.9. The first-order valence-electron chi connectivity index (χ1n) is 9.39. The van der Waals surface area contributed by atoms with Gasteiger partial charge in [0.1, 0.15) is 18.1 Å². The summed E-state index contributed by atoms with van der Waals surface area (Å²) in [7, 11) is 0. The Morgan fingerprint density at radius 3 is 1.37 bits per heavy atom. The summed E-state index contributed by atoms with van der Waals surface area (Å²) in [6, 6.07) is -3.11. The van der Waals surface area contributed by atoms with E-state index in [1.54, 1.807) is 0 Å². The van der Waals surface area contributed by atoms with Crippen LogP contribution in [0.15, 0.2) is 0 Å². The fraction of sp³-hybridized carbons (Fsp3) is 0.765. The molecule has 30 heavy (non-hydrogen) atoms. The molecule has 0 fully saturated rings. The van der Waals surface area contributed by atoms with Crippen molar-refractivity contribution in [1.82, 2.24) is 0 Å². The maximum absolute atomic E-state index is 11.8. The summed E-state index contributed by atoms with van der Waals surface area (Å²) in [4.78, 5) is 46.8. The van der Waals surface area contributed by atoms with Crippen molar-refractivity contribution in [2.24, 2.45) is 28.7 Å². The molecule has 0 aliphatic carbocycles. The first kappa shape index (κ1) is 35.9. The van der Waals surface area contributed by atoms with Crippen molar-refractivity contribution in [1.29, 1.82) is 0 Å². The zero-order valence-electron chi connectivity index (χ0n) is 16.1. The van der Waals surface area contributed by atoms with Crippen molar-refractivity contribution in [3.05, 3.63) is 0 Å². The van der Waals surface area contributed by atoms with Gasteiger partial charge in [-0.2, -0.15) is 0 Å². The Kier molecular flexibility index (Phi) is 26.5. The zero-order valence-corrected chi connectivity index (χ0v) is 16.1. The summed E-state index contributed by atoms with van der Waals surface area (Å²) < 4.78 is 9.21. The SMILES string of the molecule is NCCCC[C@H](N)C(=O)OC(=O)CC[C@H](N)C(=O)OC(=O)[C@@H](N)CCCCN.[KH].[KH]. The van der Waals surface area contributed by atoms with E-state index in [-0.39, 0.29) is 116 Å². The molecule has 0 bridgehead atoms. The first-order valence-corrected chi connectivity index (χ1v) is 9.39. The standard InChI is InChI=1S/C17H33N5O6.2K.2H/c18-9-3-1-5-11(20)15(24)27-14(23)8-7-13(22)17(26)28-16(25)12(21)6-2-4-10-19;;;;/h11-13H,1-10,18-22H2;;;;/t11-,12-,13-;;;;/m0..../s1. The Morgan fingerprint density at radius 1 is 0.600 bits per heavy atom. The molecule has 166 valence electrons. The van der Waals surface area contributed by atoms with Gasteiger partial charge in [0.2, 0.25) is 0 Å². The van der Waals surface area contributed by atoms with Crippen LogP contribution in [-0.2, 0) is 28.7 Å². The molecule has 0 radical (unpaired) electrons. The van der Waals surface area contributed by atoms with Crippen molar-refractivity contribution < 1.29 is 28.7 Å². The number of ether oxygens (including phenoxy) is 2. The number of hydrogen-bond acceptors (Lipinski definition) is 11. The van der Waals surface area contributed by atoms with E-state index in [9.17, 15) is 19.2 Å². The van der Waals surface area contributed by atoms with Gasteiger partial charge < -0.3 is 38.1 Å². The molecule has 0 rings (SSSR count). The van der Waals surface area contributed by atoms with Gasteiger partial charge >= 0.3 is 127 Å². The van der Waals surface area contributed by atoms with Crippen LogP contribution in [0, 0.1) is 0 Å². The van der Waals surface area contributed by atoms with Crippen LogP contribution in [0.5, 0.6) is 0 Å². The van der Waals surface area contributed by atoms with Crippen LogP contribution in [0.25, 0.3) is 0 Å². The molecular formula is C17H35K2N5O6. The Hall–Kier alpha value is 1.35. The van der Waals surface area contributed by atoms with E-state index in [1.165, 1.54) is 0 Å². The molecule has 3 atom stereocenters. The van der Waals surface area contributed by atoms with Gasteiger partial charge in [-0.1, -0.05) is 12.8 Å². The van der Waals surface area contributed by atoms with Crippen LogP contribution in [0.2, 0.25) is 0 Å². The monoisotopic (exact) mass is 483 g/mol. The fourth-order valence-electron chi connectivity index (χ4n) is 2.13. The topological polar surface area (TPSA) is 217 Å². The molecule has 0 heterocycles. The minimum atomic E-state index is -1.24. The molecule has 0 amide bonds. The van der Waals surface area contributed by atoms with E-state index in [0.717, 1.165) is 0 Å². The van der Waals surface area contributed by atoms with E-state index in [2.05, 4.69) is 9.47 Å². The average Bonchev–Trinajstić information content (AvgIpc) is 2.65. The molecule has 0 saturated heterocycles. The van der Waals surface area contributed by atoms with Crippen molar-refractivity contribution in [2.45, 2.75) is 69.5 Å². The van der Waals surface area contributed by atoms with Crippen LogP contribution >= 0.6 is 0 Å². The number of unbranched alkanes of at least 4 members (excludes halogenated alkanes) is 2. The number of carbonyl (C=O) groups excluding carboxylic acids is 4. The first-order chi connectivity index (χ1) is 13.2. The van der Waals surface area contributed by atoms with Crippen molar-refractivity contribution in [3.63, 3.8) is 0 Å². The summed E-state index contributed by atoms with van der Waals surface area (Å²) in [5.41, 5.74) is 27.5. The van der Waals surface area contributed by atoms with E-state index >= 15 is 0 Å². The van der Waals surface area contributed by atoms with Crippen LogP contribution in [-0.4, -0.2) is 158 Å². The maximum atomic E-state index is 11.8. The molecular weight excluding hydrogens is 448 g/mol. The average molecular weight is 484 g/mol. The number of hydrogen-bond donors (Lipinski definition) is 5. The Morgan fingerprint density at radius 2 is 0.967 bits per heavy atom. The molecule has 0 saturated carbocycles. The number of esters is 4. The van der Waals surface area contributed by atoms with Crippen LogP contribution in [0.1, 0.15) is 51.4 Å². The van der Waals surface area contributed by atoms with E-state index in [1.807, 2.05) is 0 Å². The summed E-state index contributed by atoms with van der Waals surface area (Å²) in [6.07, 6.45) is 2.88. The molecule has 0 aliphatic rings. The van der Waals surface area contributed by atoms with Crippen molar-refractivity contribution in [2.75, 3.05) is 13.1 Å². The van der Waals surface area contributed by atoms with Gasteiger partial charge in [-0.05, 0) is 45.2 Å². The number of nitrogens with two attached hydrogens (primary N) is 5. The van der Waals surface area contributed by atoms with Gasteiger partial charge in [0, 0.05) is 6.42 Å². The fourth-order valence-corrected chi connectivity index (χ4v) is 2.13. The molecule has 0 aromatic heterocycles. The predicted molar refractivity (Wildman–Crippen MR) is 115 cm³/mol. The second-order valence-corrected chi connectivity index (χ2v) is 6.46. The van der Waals surface area contributed by atoms with Crippen LogP contribution in [0.4, 0.5) is 0 Å². The zero-order chi connectivity index (χ0) is 21.5. The van der Waals surface area contributed by atoms with Crippen molar-refractivity contribution in [3.8, 4) is 0 Å². The second-order valence-electron chi connectivity index (χ2n) is 6.46. The Labute approximate surface area is 262 Å². The summed E-state index contributed by atoms with van der Waals surface area (Å²) in [6.45, 7) is 0.957. The molecule has 0 aliphatic heterocycles. The third-order valence-corrected chi connectivity index (χ3v) is 3.92. The molecule has 0 spiro atoms. The molecule has 10 N–H and O–H groups in total. The summed E-state index contributed by atoms with van der Waals surface area (Å²) >= 11 is 0. The number of carbonyl (C=O) groups is 4.